The van der Waals surface area contributed by atoms with Crippen molar-refractivity contribution in [2.75, 3.05) is 10.6 Å². The van der Waals surface area contributed by atoms with Gasteiger partial charge in [0.25, 0.3) is 0 Å². The molecule has 4 heteroatoms. The Labute approximate surface area is 106 Å². The highest BCUT2D eigenvalue weighted by Crippen LogP contribution is 2.11. The van der Waals surface area contributed by atoms with E-state index in [1.165, 1.54) is 6.92 Å². The number of aromatic nitrogens is 1. The second-order valence-electron chi connectivity index (χ2n) is 3.97. The fourth-order valence-corrected chi connectivity index (χ4v) is 1.58. The van der Waals surface area contributed by atoms with Crippen LogP contribution in [-0.4, -0.2) is 10.9 Å². The molecule has 1 aromatic carbocycles. The molecule has 0 aliphatic heterocycles. The molecule has 1 aromatic heterocycles. The van der Waals surface area contributed by atoms with Gasteiger partial charge in [-0.25, -0.2) is 0 Å². The van der Waals surface area contributed by atoms with Crippen LogP contribution >= 0.6 is 0 Å². The Hall–Kier alpha value is -2.36. The summed E-state index contributed by atoms with van der Waals surface area (Å²) in [6, 6.07) is 11.6. The van der Waals surface area contributed by atoms with Crippen LogP contribution < -0.4 is 10.6 Å². The minimum atomic E-state index is -0.0590. The molecule has 2 rings (SSSR count). The summed E-state index contributed by atoms with van der Waals surface area (Å²) < 4.78 is 0. The van der Waals surface area contributed by atoms with Crippen molar-refractivity contribution < 1.29 is 4.79 Å². The highest BCUT2D eigenvalue weighted by molar-refractivity contribution is 5.88. The lowest BCUT2D eigenvalue weighted by atomic mass is 10.2. The molecule has 0 radical (unpaired) electrons. The normalized spacial score (nSPS) is 9.83. The van der Waals surface area contributed by atoms with Gasteiger partial charge in [-0.1, -0.05) is 12.1 Å². The van der Waals surface area contributed by atoms with Gasteiger partial charge in [0.1, 0.15) is 0 Å². The Kier molecular flexibility index (Phi) is 3.91. The molecule has 2 aromatic rings. The summed E-state index contributed by atoms with van der Waals surface area (Å²) in [5.74, 6) is -0.0590. The topological polar surface area (TPSA) is 54.0 Å². The number of anilines is 2. The summed E-state index contributed by atoms with van der Waals surface area (Å²) in [7, 11) is 0. The standard InChI is InChI=1S/C14H15N3O/c1-11(18)17-13-6-4-12(5-7-13)9-16-14-3-2-8-15-10-14/h2-8,10,16H,9H2,1H3,(H,17,18). The van der Waals surface area contributed by atoms with E-state index in [0.717, 1.165) is 23.5 Å². The predicted molar refractivity (Wildman–Crippen MR) is 72.3 cm³/mol. The number of carbonyl (C=O) groups is 1. The first-order valence-electron chi connectivity index (χ1n) is 5.74. The number of pyridine rings is 1. The van der Waals surface area contributed by atoms with Gasteiger partial charge in [-0.05, 0) is 29.8 Å². The third-order valence-electron chi connectivity index (χ3n) is 2.43. The van der Waals surface area contributed by atoms with Crippen LogP contribution in [0.25, 0.3) is 0 Å². The quantitative estimate of drug-likeness (QED) is 0.865. The fraction of sp³-hybridized carbons (Fsp3) is 0.143. The van der Waals surface area contributed by atoms with E-state index in [4.69, 9.17) is 0 Å². The Morgan fingerprint density at radius 2 is 1.94 bits per heavy atom. The van der Waals surface area contributed by atoms with Crippen molar-refractivity contribution in [2.45, 2.75) is 13.5 Å². The van der Waals surface area contributed by atoms with E-state index in [2.05, 4.69) is 15.6 Å². The molecule has 18 heavy (non-hydrogen) atoms. The molecule has 0 aliphatic rings. The van der Waals surface area contributed by atoms with Crippen LogP contribution in [-0.2, 0) is 11.3 Å². The van der Waals surface area contributed by atoms with E-state index >= 15 is 0 Å². The van der Waals surface area contributed by atoms with E-state index < -0.39 is 0 Å². The maximum absolute atomic E-state index is 10.9. The molecule has 0 saturated carbocycles. The zero-order chi connectivity index (χ0) is 12.8. The minimum absolute atomic E-state index is 0.0590. The van der Waals surface area contributed by atoms with E-state index in [0.29, 0.717) is 0 Å². The molecule has 2 N–H and O–H groups in total. The minimum Gasteiger partial charge on any atom is -0.380 e. The van der Waals surface area contributed by atoms with Crippen LogP contribution in [0.1, 0.15) is 12.5 Å². The molecule has 0 fully saturated rings. The first-order chi connectivity index (χ1) is 8.74. The van der Waals surface area contributed by atoms with Gasteiger partial charge < -0.3 is 10.6 Å². The summed E-state index contributed by atoms with van der Waals surface area (Å²) in [5.41, 5.74) is 2.95. The first kappa shape index (κ1) is 12.1. The summed E-state index contributed by atoms with van der Waals surface area (Å²) in [6.45, 7) is 2.23. The van der Waals surface area contributed by atoms with Gasteiger partial charge in [0.05, 0.1) is 5.69 Å². The van der Waals surface area contributed by atoms with E-state index in [9.17, 15) is 4.79 Å². The molecule has 0 aliphatic carbocycles. The zero-order valence-electron chi connectivity index (χ0n) is 10.2. The van der Waals surface area contributed by atoms with Crippen LogP contribution in [0, 0.1) is 0 Å². The SMILES string of the molecule is CC(=O)Nc1ccc(CNc2cccnc2)cc1. The monoisotopic (exact) mass is 241 g/mol. The van der Waals surface area contributed by atoms with Crippen LogP contribution in [0.2, 0.25) is 0 Å². The van der Waals surface area contributed by atoms with Gasteiger partial charge in [-0.15, -0.1) is 0 Å². The predicted octanol–water partition coefficient (Wildman–Crippen LogP) is 2.65. The van der Waals surface area contributed by atoms with Crippen LogP contribution in [0.3, 0.4) is 0 Å². The lowest BCUT2D eigenvalue weighted by Gasteiger charge is -2.07. The Bertz CT molecular complexity index is 508. The molecule has 0 unspecified atom stereocenters. The highest BCUT2D eigenvalue weighted by Gasteiger charge is 1.97. The molecule has 4 nitrogen and oxygen atoms in total. The summed E-state index contributed by atoms with van der Waals surface area (Å²) in [5, 5.41) is 6.01. The van der Waals surface area contributed by atoms with E-state index in [1.54, 1.807) is 12.4 Å². The number of amides is 1. The van der Waals surface area contributed by atoms with E-state index in [-0.39, 0.29) is 5.91 Å². The largest absolute Gasteiger partial charge is 0.380 e. The van der Waals surface area contributed by atoms with Crippen molar-refractivity contribution in [3.8, 4) is 0 Å². The number of nitrogens with zero attached hydrogens (tertiary/aromatic N) is 1. The molecular formula is C14H15N3O. The van der Waals surface area contributed by atoms with Crippen molar-refractivity contribution in [1.29, 1.82) is 0 Å². The molecule has 1 amide bonds. The Morgan fingerprint density at radius 1 is 1.17 bits per heavy atom. The van der Waals surface area contributed by atoms with Crippen LogP contribution in [0.15, 0.2) is 48.8 Å². The number of nitrogens with one attached hydrogen (secondary N) is 2. The summed E-state index contributed by atoms with van der Waals surface area (Å²) >= 11 is 0. The number of benzene rings is 1. The second kappa shape index (κ2) is 5.82. The first-order valence-corrected chi connectivity index (χ1v) is 5.74. The molecule has 0 spiro atoms. The van der Waals surface area contributed by atoms with Crippen LogP contribution in [0.4, 0.5) is 11.4 Å². The lowest BCUT2D eigenvalue weighted by molar-refractivity contribution is -0.114. The average Bonchev–Trinajstić information content (AvgIpc) is 2.38. The van der Waals surface area contributed by atoms with Gasteiger partial charge in [-0.3, -0.25) is 9.78 Å². The summed E-state index contributed by atoms with van der Waals surface area (Å²) in [6.07, 6.45) is 3.53. The molecule has 0 saturated heterocycles. The maximum Gasteiger partial charge on any atom is 0.221 e. The van der Waals surface area contributed by atoms with Gasteiger partial charge in [-0.2, -0.15) is 0 Å². The molecular weight excluding hydrogens is 226 g/mol. The lowest BCUT2D eigenvalue weighted by Crippen LogP contribution is -2.06. The fourth-order valence-electron chi connectivity index (χ4n) is 1.58. The Morgan fingerprint density at radius 3 is 2.56 bits per heavy atom. The average molecular weight is 241 g/mol. The Balaban J connectivity index is 1.92. The van der Waals surface area contributed by atoms with Crippen molar-refractivity contribution >= 4 is 17.3 Å². The van der Waals surface area contributed by atoms with E-state index in [1.807, 2.05) is 36.4 Å². The van der Waals surface area contributed by atoms with Crippen LogP contribution in [0.5, 0.6) is 0 Å². The van der Waals surface area contributed by atoms with Gasteiger partial charge in [0.15, 0.2) is 0 Å². The van der Waals surface area contributed by atoms with Crippen molar-refractivity contribution in [3.63, 3.8) is 0 Å². The second-order valence-corrected chi connectivity index (χ2v) is 3.97. The molecule has 92 valence electrons. The van der Waals surface area contributed by atoms with Crippen molar-refractivity contribution in [2.24, 2.45) is 0 Å². The smallest absolute Gasteiger partial charge is 0.221 e. The van der Waals surface area contributed by atoms with Crippen molar-refractivity contribution in [3.05, 3.63) is 54.4 Å². The molecule has 0 atom stereocenters. The highest BCUT2D eigenvalue weighted by atomic mass is 16.1. The van der Waals surface area contributed by atoms with Gasteiger partial charge in [0, 0.05) is 31.5 Å². The molecule has 1 heterocycles. The van der Waals surface area contributed by atoms with Gasteiger partial charge >= 0.3 is 0 Å². The maximum atomic E-state index is 10.9. The zero-order valence-corrected chi connectivity index (χ0v) is 10.2. The third-order valence-corrected chi connectivity index (χ3v) is 2.43. The van der Waals surface area contributed by atoms with Gasteiger partial charge in [0.2, 0.25) is 5.91 Å². The number of rotatable bonds is 4. The number of hydrogen-bond donors (Lipinski definition) is 2. The van der Waals surface area contributed by atoms with Crippen molar-refractivity contribution in [1.82, 2.24) is 4.98 Å². The summed E-state index contributed by atoms with van der Waals surface area (Å²) in [4.78, 5) is 14.9. The molecule has 0 bridgehead atoms. The number of carbonyl (C=O) groups excluding carboxylic acids is 1. The third kappa shape index (κ3) is 3.59. The number of hydrogen-bond acceptors (Lipinski definition) is 3.